The summed E-state index contributed by atoms with van der Waals surface area (Å²) in [4.78, 5) is 30.8. The van der Waals surface area contributed by atoms with Crippen LogP contribution in [0.5, 0.6) is 0 Å². The Hall–Kier alpha value is -3.19. The zero-order valence-corrected chi connectivity index (χ0v) is 15.9. The highest BCUT2D eigenvalue weighted by Gasteiger charge is 2.28. The maximum absolute atomic E-state index is 13.5. The van der Waals surface area contributed by atoms with Crippen molar-refractivity contribution < 1.29 is 18.7 Å². The van der Waals surface area contributed by atoms with Crippen LogP contribution in [0.2, 0.25) is 0 Å². The third-order valence-electron chi connectivity index (χ3n) is 5.11. The number of fused-ring (bicyclic) bond motifs is 1. The van der Waals surface area contributed by atoms with Gasteiger partial charge in [0.05, 0.1) is 13.2 Å². The van der Waals surface area contributed by atoms with Crippen LogP contribution in [-0.2, 0) is 16.0 Å². The second-order valence-electron chi connectivity index (χ2n) is 7.04. The first-order chi connectivity index (χ1) is 14.1. The number of rotatable bonds is 5. The second-order valence-corrected chi connectivity index (χ2v) is 7.04. The molecule has 150 valence electrons. The summed E-state index contributed by atoms with van der Waals surface area (Å²) in [6.07, 6.45) is 2.19. The first-order valence-electron chi connectivity index (χ1n) is 9.60. The minimum Gasteiger partial charge on any atom is -0.378 e. The third kappa shape index (κ3) is 4.30. The lowest BCUT2D eigenvalue weighted by Crippen LogP contribution is -2.52. The number of halogens is 1. The number of nitrogens with one attached hydrogen (secondary N) is 2. The summed E-state index contributed by atoms with van der Waals surface area (Å²) in [6.45, 7) is 1.92. The second kappa shape index (κ2) is 8.45. The van der Waals surface area contributed by atoms with E-state index in [4.69, 9.17) is 4.74 Å². The number of hydrogen-bond donors (Lipinski definition) is 2. The fourth-order valence-electron chi connectivity index (χ4n) is 3.60. The predicted octanol–water partition coefficient (Wildman–Crippen LogP) is 2.51. The van der Waals surface area contributed by atoms with Crippen molar-refractivity contribution in [2.45, 2.75) is 12.5 Å². The SMILES string of the molecule is O=C(N[C@H](Cc1c[nH]c2ccccc12)C(=O)N1CCOCC1)c1cccc(F)c1. The largest absolute Gasteiger partial charge is 0.378 e. The highest BCUT2D eigenvalue weighted by molar-refractivity contribution is 5.98. The van der Waals surface area contributed by atoms with E-state index < -0.39 is 17.8 Å². The van der Waals surface area contributed by atoms with Gasteiger partial charge < -0.3 is 19.9 Å². The van der Waals surface area contributed by atoms with Gasteiger partial charge in [0, 0.05) is 42.2 Å². The number of morpholine rings is 1. The molecule has 1 aromatic heterocycles. The number of carbonyl (C=O) groups is 2. The summed E-state index contributed by atoms with van der Waals surface area (Å²) in [5.41, 5.74) is 2.09. The fourth-order valence-corrected chi connectivity index (χ4v) is 3.60. The van der Waals surface area contributed by atoms with Crippen LogP contribution in [0, 0.1) is 5.82 Å². The lowest BCUT2D eigenvalue weighted by atomic mass is 10.0. The molecule has 1 saturated heterocycles. The number of benzene rings is 2. The van der Waals surface area contributed by atoms with Crippen LogP contribution in [0.25, 0.3) is 10.9 Å². The van der Waals surface area contributed by atoms with Crippen molar-refractivity contribution >= 4 is 22.7 Å². The number of nitrogens with zero attached hydrogens (tertiary/aromatic N) is 1. The summed E-state index contributed by atoms with van der Waals surface area (Å²) < 4.78 is 18.8. The molecule has 1 aliphatic rings. The van der Waals surface area contributed by atoms with Gasteiger partial charge in [0.15, 0.2) is 0 Å². The van der Waals surface area contributed by atoms with Gasteiger partial charge in [-0.05, 0) is 29.8 Å². The lowest BCUT2D eigenvalue weighted by molar-refractivity contribution is -0.137. The average molecular weight is 395 g/mol. The average Bonchev–Trinajstić information content (AvgIpc) is 3.16. The van der Waals surface area contributed by atoms with Gasteiger partial charge in [-0.3, -0.25) is 9.59 Å². The molecule has 1 atom stereocenters. The highest BCUT2D eigenvalue weighted by atomic mass is 19.1. The number of ether oxygens (including phenoxy) is 1. The van der Waals surface area contributed by atoms with Crippen molar-refractivity contribution in [3.05, 3.63) is 71.7 Å². The quantitative estimate of drug-likeness (QED) is 0.697. The van der Waals surface area contributed by atoms with Crippen LogP contribution in [0.3, 0.4) is 0 Å². The van der Waals surface area contributed by atoms with E-state index in [2.05, 4.69) is 10.3 Å². The number of carbonyl (C=O) groups excluding carboxylic acids is 2. The van der Waals surface area contributed by atoms with Crippen molar-refractivity contribution in [1.82, 2.24) is 15.2 Å². The Kier molecular flexibility index (Phi) is 5.57. The Morgan fingerprint density at radius 1 is 1.14 bits per heavy atom. The molecule has 2 aromatic carbocycles. The van der Waals surface area contributed by atoms with E-state index in [0.29, 0.717) is 32.7 Å². The molecule has 2 N–H and O–H groups in total. The zero-order chi connectivity index (χ0) is 20.2. The molecular formula is C22H22FN3O3. The van der Waals surface area contributed by atoms with E-state index in [1.165, 1.54) is 18.2 Å². The van der Waals surface area contributed by atoms with E-state index in [0.717, 1.165) is 22.5 Å². The third-order valence-corrected chi connectivity index (χ3v) is 5.11. The monoisotopic (exact) mass is 395 g/mol. The van der Waals surface area contributed by atoms with Crippen LogP contribution in [0.1, 0.15) is 15.9 Å². The topological polar surface area (TPSA) is 74.4 Å². The Bertz CT molecular complexity index is 1030. The van der Waals surface area contributed by atoms with Crippen molar-refractivity contribution in [3.8, 4) is 0 Å². The minimum atomic E-state index is -0.761. The molecule has 0 unspecified atom stereocenters. The lowest BCUT2D eigenvalue weighted by Gasteiger charge is -2.30. The van der Waals surface area contributed by atoms with Gasteiger partial charge in [-0.25, -0.2) is 4.39 Å². The number of hydrogen-bond acceptors (Lipinski definition) is 3. The van der Waals surface area contributed by atoms with E-state index in [-0.39, 0.29) is 11.5 Å². The molecule has 1 aliphatic heterocycles. The van der Waals surface area contributed by atoms with Gasteiger partial charge in [0.2, 0.25) is 5.91 Å². The van der Waals surface area contributed by atoms with Gasteiger partial charge >= 0.3 is 0 Å². The fraction of sp³-hybridized carbons (Fsp3) is 0.273. The van der Waals surface area contributed by atoms with E-state index >= 15 is 0 Å². The Labute approximate surface area is 167 Å². The molecule has 0 aliphatic carbocycles. The molecule has 0 spiro atoms. The number of H-pyrrole nitrogens is 1. The summed E-state index contributed by atoms with van der Waals surface area (Å²) in [7, 11) is 0. The molecule has 29 heavy (non-hydrogen) atoms. The molecule has 3 aromatic rings. The maximum atomic E-state index is 13.5. The Balaban J connectivity index is 1.59. The zero-order valence-electron chi connectivity index (χ0n) is 15.9. The van der Waals surface area contributed by atoms with Gasteiger partial charge in [-0.15, -0.1) is 0 Å². The molecular weight excluding hydrogens is 373 g/mol. The number of aromatic nitrogens is 1. The van der Waals surface area contributed by atoms with Gasteiger partial charge in [-0.2, -0.15) is 0 Å². The first kappa shape index (κ1) is 19.1. The predicted molar refractivity (Wildman–Crippen MR) is 107 cm³/mol. The number of aromatic amines is 1. The van der Waals surface area contributed by atoms with E-state index in [9.17, 15) is 14.0 Å². The Morgan fingerprint density at radius 3 is 2.72 bits per heavy atom. The van der Waals surface area contributed by atoms with Crippen LogP contribution >= 0.6 is 0 Å². The van der Waals surface area contributed by atoms with Crippen molar-refractivity contribution in [3.63, 3.8) is 0 Å². The Morgan fingerprint density at radius 2 is 1.93 bits per heavy atom. The standard InChI is InChI=1S/C22H22FN3O3/c23-17-5-3-4-15(12-17)21(27)25-20(22(28)26-8-10-29-11-9-26)13-16-14-24-19-7-2-1-6-18(16)19/h1-7,12,14,20,24H,8-11,13H2,(H,25,27)/t20-/m1/s1. The van der Waals surface area contributed by atoms with E-state index in [1.54, 1.807) is 4.90 Å². The van der Waals surface area contributed by atoms with Gasteiger partial charge in [0.25, 0.3) is 5.91 Å². The van der Waals surface area contributed by atoms with Crippen LogP contribution in [-0.4, -0.2) is 54.0 Å². The molecule has 2 heterocycles. The highest BCUT2D eigenvalue weighted by Crippen LogP contribution is 2.20. The molecule has 6 nitrogen and oxygen atoms in total. The normalized spacial score (nSPS) is 15.3. The van der Waals surface area contributed by atoms with Gasteiger partial charge in [-0.1, -0.05) is 24.3 Å². The number of amides is 2. The van der Waals surface area contributed by atoms with Crippen molar-refractivity contribution in [2.75, 3.05) is 26.3 Å². The van der Waals surface area contributed by atoms with Gasteiger partial charge in [0.1, 0.15) is 11.9 Å². The first-order valence-corrected chi connectivity index (χ1v) is 9.60. The molecule has 4 rings (SSSR count). The minimum absolute atomic E-state index is 0.164. The smallest absolute Gasteiger partial charge is 0.252 e. The summed E-state index contributed by atoms with van der Waals surface area (Å²) >= 11 is 0. The molecule has 0 bridgehead atoms. The summed E-state index contributed by atoms with van der Waals surface area (Å²) in [5.74, 6) is -1.13. The summed E-state index contributed by atoms with van der Waals surface area (Å²) in [6, 6.07) is 12.5. The molecule has 7 heteroatoms. The number of para-hydroxylation sites is 1. The molecule has 0 saturated carbocycles. The van der Waals surface area contributed by atoms with Crippen LogP contribution < -0.4 is 5.32 Å². The molecule has 0 radical (unpaired) electrons. The summed E-state index contributed by atoms with van der Waals surface area (Å²) in [5, 5.41) is 3.82. The maximum Gasteiger partial charge on any atom is 0.252 e. The van der Waals surface area contributed by atoms with E-state index in [1.807, 2.05) is 30.5 Å². The molecule has 2 amide bonds. The van der Waals surface area contributed by atoms with Crippen LogP contribution in [0.4, 0.5) is 4.39 Å². The van der Waals surface area contributed by atoms with Crippen LogP contribution in [0.15, 0.2) is 54.7 Å². The van der Waals surface area contributed by atoms with Crippen molar-refractivity contribution in [2.24, 2.45) is 0 Å². The van der Waals surface area contributed by atoms with Crippen molar-refractivity contribution in [1.29, 1.82) is 0 Å². The molecule has 1 fully saturated rings.